The number of nitrogens with zero attached hydrogens (tertiary/aromatic N) is 5. The number of nitrogen functional groups attached to an aromatic ring is 2. The van der Waals surface area contributed by atoms with Gasteiger partial charge in [0.15, 0.2) is 23.2 Å². The largest absolute Gasteiger partial charge is 0.475 e. The normalized spacial score (nSPS) is 11.2. The molecule has 1 amide bonds. The lowest BCUT2D eigenvalue weighted by atomic mass is 10.1. The van der Waals surface area contributed by atoms with Crippen molar-refractivity contribution < 1.29 is 49.9 Å². The molecule has 11 rings (SSSR count). The highest BCUT2D eigenvalue weighted by Gasteiger charge is 2.31. The van der Waals surface area contributed by atoms with Crippen molar-refractivity contribution in [1.82, 2.24) is 29.8 Å². The van der Waals surface area contributed by atoms with Gasteiger partial charge in [0.05, 0.1) is 40.8 Å². The summed E-state index contributed by atoms with van der Waals surface area (Å²) in [5.74, 6) is 1.92. The number of hydrogen-bond donors (Lipinski definition) is 5. The van der Waals surface area contributed by atoms with Crippen LogP contribution in [0.2, 0.25) is 0 Å². The Morgan fingerprint density at radius 3 is 1.51 bits per heavy atom. The minimum atomic E-state index is -4.32. The van der Waals surface area contributed by atoms with Crippen molar-refractivity contribution in [3.63, 3.8) is 0 Å². The molecule has 0 saturated heterocycles. The zero-order valence-electron chi connectivity index (χ0n) is 43.7. The van der Waals surface area contributed by atoms with E-state index in [2.05, 4.69) is 72.8 Å². The summed E-state index contributed by atoms with van der Waals surface area (Å²) in [4.78, 5) is 22.8. The van der Waals surface area contributed by atoms with Gasteiger partial charge in [-0.3, -0.25) is 19.3 Å². The monoisotopic (exact) mass is 1160 g/mol. The van der Waals surface area contributed by atoms with Crippen LogP contribution in [-0.4, -0.2) is 46.7 Å². The molecule has 21 heteroatoms. The Balaban J connectivity index is 0.000000154. The molecule has 0 unspecified atom stereocenters. The molecule has 6 aromatic carbocycles. The number of aromatic carboxylic acids is 1. The summed E-state index contributed by atoms with van der Waals surface area (Å²) in [7, 11) is 0. The van der Waals surface area contributed by atoms with Gasteiger partial charge in [0.25, 0.3) is 5.91 Å². The van der Waals surface area contributed by atoms with Gasteiger partial charge >= 0.3 is 18.3 Å². The summed E-state index contributed by atoms with van der Waals surface area (Å²) in [5.41, 5.74) is 18.7. The fourth-order valence-corrected chi connectivity index (χ4v) is 8.13. The molecule has 80 heavy (non-hydrogen) atoms. The van der Waals surface area contributed by atoms with E-state index in [-0.39, 0.29) is 11.7 Å². The van der Waals surface area contributed by atoms with Gasteiger partial charge in [-0.15, -0.1) is 0 Å². The van der Waals surface area contributed by atoms with Crippen molar-refractivity contribution in [1.29, 1.82) is 0 Å². The van der Waals surface area contributed by atoms with Crippen molar-refractivity contribution in [2.24, 2.45) is 0 Å². The van der Waals surface area contributed by atoms with E-state index in [4.69, 9.17) is 25.4 Å². The van der Waals surface area contributed by atoms with E-state index in [1.54, 1.807) is 17.7 Å². The zero-order chi connectivity index (χ0) is 57.9. The van der Waals surface area contributed by atoms with E-state index in [0.717, 1.165) is 90.6 Å². The van der Waals surface area contributed by atoms with Crippen LogP contribution in [-0.2, 0) is 30.8 Å². The van der Waals surface area contributed by atoms with Gasteiger partial charge in [0.1, 0.15) is 11.5 Å². The first-order valence-electron chi connectivity index (χ1n) is 24.5. The Bertz CT molecular complexity index is 3820. The van der Waals surface area contributed by atoms with Gasteiger partial charge in [-0.2, -0.15) is 41.6 Å². The molecule has 0 bridgehead atoms. The van der Waals surface area contributed by atoms with Crippen LogP contribution in [0.15, 0.2) is 167 Å². The Kier molecular flexibility index (Phi) is 18.7. The maximum atomic E-state index is 12.6. The molecule has 7 N–H and O–H groups in total. The van der Waals surface area contributed by atoms with Crippen molar-refractivity contribution >= 4 is 78.0 Å². The standard InChI is InChI=1S/C22H21N3O2.C15H12F3N3.C8H6BrF3.C7H7N3.C7H8O3/c1-14-8-10-17(11-9-14)13-25-19-7-5-4-6-18(19)21(24-25)23-22(26)20-12-15(2)16(3)27-20;16-15(17,18)11-7-5-10(6-8-11)9-21-13-4-2-1-3-12(13)14(19)20-21;9-5-6-1-3-7(4-2-6)8(10,11)12;8-7-5-3-1-2-4-6(5)9-10-7;1-4-3-6(7(8)9)10-5(4)2/h4-12H,13H2,1-3H3,(H,23,24,26);1-8H,9H2,(H2,19,20);1-4H,5H2;1-4H,(H3,8,9,10);3H,1-2H3,(H,8,9). The minimum Gasteiger partial charge on any atom is -0.475 e. The van der Waals surface area contributed by atoms with E-state index >= 15 is 0 Å². The molecule has 0 spiro atoms. The number of anilines is 3. The zero-order valence-corrected chi connectivity index (χ0v) is 45.3. The molecule has 5 heterocycles. The Morgan fingerprint density at radius 1 is 0.588 bits per heavy atom. The number of rotatable bonds is 8. The van der Waals surface area contributed by atoms with Gasteiger partial charge in [-0.1, -0.05) is 106 Å². The number of nitrogens with two attached hydrogens (primary N) is 2. The number of hydrogen-bond acceptors (Lipinski definition) is 9. The van der Waals surface area contributed by atoms with E-state index in [0.29, 0.717) is 47.4 Å². The first-order chi connectivity index (χ1) is 38.0. The number of nitrogens with one attached hydrogen (secondary N) is 2. The maximum Gasteiger partial charge on any atom is 0.416 e. The number of H-pyrrole nitrogens is 1. The highest BCUT2D eigenvalue weighted by molar-refractivity contribution is 9.08. The van der Waals surface area contributed by atoms with E-state index in [1.165, 1.54) is 35.9 Å². The number of furan rings is 2. The third kappa shape index (κ3) is 15.1. The number of carbonyl (C=O) groups is 2. The van der Waals surface area contributed by atoms with Gasteiger partial charge < -0.3 is 30.7 Å². The molecule has 0 saturated carbocycles. The van der Waals surface area contributed by atoms with Gasteiger partial charge in [-0.25, -0.2) is 4.79 Å². The average Bonchev–Trinajstić information content (AvgIpc) is 4.26. The van der Waals surface area contributed by atoms with E-state index in [9.17, 15) is 35.9 Å². The lowest BCUT2D eigenvalue weighted by molar-refractivity contribution is -0.138. The summed E-state index contributed by atoms with van der Waals surface area (Å²) in [6, 6.07) is 44.9. The molecule has 0 radical (unpaired) electrons. The fourth-order valence-electron chi connectivity index (χ4n) is 7.75. The number of alkyl halides is 7. The highest BCUT2D eigenvalue weighted by atomic mass is 79.9. The quantitative estimate of drug-likeness (QED) is 0.0718. The first kappa shape index (κ1) is 58.6. The average molecular weight is 1160 g/mol. The predicted octanol–water partition coefficient (Wildman–Crippen LogP) is 14.9. The molecule has 0 atom stereocenters. The second-order valence-electron chi connectivity index (χ2n) is 18.2. The predicted molar refractivity (Wildman–Crippen MR) is 301 cm³/mol. The molecule has 414 valence electrons. The van der Waals surface area contributed by atoms with Crippen LogP contribution in [0.1, 0.15) is 77.1 Å². The van der Waals surface area contributed by atoms with Crippen molar-refractivity contribution in [2.75, 3.05) is 16.8 Å². The smallest absolute Gasteiger partial charge is 0.416 e. The number of fused-ring (bicyclic) bond motifs is 3. The van der Waals surface area contributed by atoms with Crippen LogP contribution < -0.4 is 16.8 Å². The molecular formula is C59H54BrF6N9O5. The number of halogens is 7. The number of aromatic nitrogens is 6. The third-order valence-corrected chi connectivity index (χ3v) is 13.0. The number of carboxylic acid groups (broad SMARTS) is 1. The lowest BCUT2D eigenvalue weighted by Gasteiger charge is -2.08. The summed E-state index contributed by atoms with van der Waals surface area (Å²) in [6.07, 6.45) is -8.55. The summed E-state index contributed by atoms with van der Waals surface area (Å²) in [5, 5.41) is 30.2. The number of carboxylic acids is 1. The highest BCUT2D eigenvalue weighted by Crippen LogP contribution is 2.31. The SMILES string of the molecule is Cc1cc(C(=O)O)oc1C.Cc1ccc(Cn2nc(NC(=O)c3cc(C)c(C)o3)c3ccccc32)cc1.FC(F)(F)c1ccc(CBr)cc1.Nc1n[nH]c2ccccc12.Nc1nn(Cc2ccc(C(F)(F)F)cc2)c2ccccc12. The van der Waals surface area contributed by atoms with Crippen molar-refractivity contribution in [3.05, 3.63) is 225 Å². The van der Waals surface area contributed by atoms with Crippen molar-refractivity contribution in [3.8, 4) is 0 Å². The minimum absolute atomic E-state index is 0.00926. The van der Waals surface area contributed by atoms with Crippen LogP contribution >= 0.6 is 15.9 Å². The van der Waals surface area contributed by atoms with Gasteiger partial charge in [-0.05, 0) is 135 Å². The van der Waals surface area contributed by atoms with Gasteiger partial charge in [0, 0.05) is 21.5 Å². The molecular weight excluding hydrogens is 1110 g/mol. The molecule has 5 aromatic heterocycles. The first-order valence-corrected chi connectivity index (χ1v) is 25.6. The van der Waals surface area contributed by atoms with Crippen LogP contribution in [0.5, 0.6) is 0 Å². The molecule has 11 aromatic rings. The number of benzene rings is 6. The number of carbonyl (C=O) groups excluding carboxylic acids is 1. The second-order valence-corrected chi connectivity index (χ2v) is 18.8. The maximum absolute atomic E-state index is 12.6. The lowest BCUT2D eigenvalue weighted by Crippen LogP contribution is -2.12. The van der Waals surface area contributed by atoms with E-state index < -0.39 is 29.4 Å². The van der Waals surface area contributed by atoms with Gasteiger partial charge in [0.2, 0.25) is 5.76 Å². The van der Waals surface area contributed by atoms with Crippen LogP contribution in [0.25, 0.3) is 32.7 Å². The van der Waals surface area contributed by atoms with Crippen LogP contribution in [0.3, 0.4) is 0 Å². The number of aryl methyl sites for hydroxylation is 5. The molecule has 0 aliphatic carbocycles. The Labute approximate surface area is 463 Å². The van der Waals surface area contributed by atoms with Crippen LogP contribution in [0.4, 0.5) is 43.8 Å². The van der Waals surface area contributed by atoms with Crippen LogP contribution in [0, 0.1) is 34.6 Å². The number of aromatic amines is 1. The second kappa shape index (κ2) is 25.6. The molecule has 0 aliphatic heterocycles. The topological polar surface area (TPSA) is 209 Å². The number of para-hydroxylation sites is 3. The van der Waals surface area contributed by atoms with E-state index in [1.807, 2.05) is 98.2 Å². The summed E-state index contributed by atoms with van der Waals surface area (Å²) < 4.78 is 87.6. The van der Waals surface area contributed by atoms with Crippen molar-refractivity contribution in [2.45, 2.75) is 65.4 Å². The molecule has 0 aliphatic rings. The summed E-state index contributed by atoms with van der Waals surface area (Å²) >= 11 is 3.15. The Morgan fingerprint density at radius 2 is 1.04 bits per heavy atom. The third-order valence-electron chi connectivity index (χ3n) is 12.3. The molecule has 14 nitrogen and oxygen atoms in total. The molecule has 0 fully saturated rings. The summed E-state index contributed by atoms with van der Waals surface area (Å²) in [6.45, 7) is 10.4. The number of amides is 1. The fraction of sp³-hybridized carbons (Fsp3) is 0.169. The Hall–Kier alpha value is -9.11.